The zero-order valence-corrected chi connectivity index (χ0v) is 19.6. The lowest BCUT2D eigenvalue weighted by molar-refractivity contribution is -0.363. The number of hydrogen-bond acceptors (Lipinski definition) is 6. The van der Waals surface area contributed by atoms with Gasteiger partial charge in [0.15, 0.2) is 0 Å². The Bertz CT molecular complexity index is 763. The maximum absolute atomic E-state index is 12.3. The van der Waals surface area contributed by atoms with E-state index in [2.05, 4.69) is 20.8 Å². The van der Waals surface area contributed by atoms with Crippen LogP contribution in [0.15, 0.2) is 48.5 Å². The molecule has 0 aliphatic carbocycles. The highest BCUT2D eigenvalue weighted by atomic mass is 17.3. The Hall–Kier alpha value is -2.70. The van der Waals surface area contributed by atoms with Gasteiger partial charge in [-0.05, 0) is 54.7 Å². The summed E-state index contributed by atoms with van der Waals surface area (Å²) >= 11 is 0. The molecule has 2 aromatic rings. The van der Waals surface area contributed by atoms with E-state index in [1.165, 1.54) is 0 Å². The van der Waals surface area contributed by atoms with Crippen LogP contribution in [-0.4, -0.2) is 11.9 Å². The fourth-order valence-electron chi connectivity index (χ4n) is 3.18. The second-order valence-electron chi connectivity index (χ2n) is 7.84. The van der Waals surface area contributed by atoms with E-state index in [1.807, 2.05) is 24.3 Å². The summed E-state index contributed by atoms with van der Waals surface area (Å²) in [7, 11) is 0. The number of rotatable bonds is 15. The third-order valence-corrected chi connectivity index (χ3v) is 5.01. The van der Waals surface area contributed by atoms with Crippen LogP contribution in [0.2, 0.25) is 0 Å². The van der Waals surface area contributed by atoms with E-state index in [4.69, 9.17) is 19.6 Å². The minimum absolute atomic E-state index is 0.0917. The molecule has 0 bridgehead atoms. The largest absolute Gasteiger partial charge is 0.373 e. The summed E-state index contributed by atoms with van der Waals surface area (Å²) in [5, 5.41) is 0. The molecule has 0 atom stereocenters. The molecule has 0 saturated heterocycles. The molecule has 33 heavy (non-hydrogen) atoms. The van der Waals surface area contributed by atoms with Crippen LogP contribution in [0.4, 0.5) is 0 Å². The summed E-state index contributed by atoms with van der Waals surface area (Å²) < 4.78 is 0. The molecule has 2 rings (SSSR count). The topological polar surface area (TPSA) is 71.1 Å². The standard InChI is InChI=1S/C27H34O6/c1-4-7-8-9-12-25(30-32-26(28)23-17-13-21(10-5-2)14-18-23)31-33-27(29)24-19-15-22(11-6-3)16-20-24/h13-20H,1,4-12H2,2-3H3. The number of benzene rings is 2. The molecule has 2 aromatic carbocycles. The Morgan fingerprint density at radius 3 is 1.52 bits per heavy atom. The summed E-state index contributed by atoms with van der Waals surface area (Å²) in [6.45, 7) is 8.01. The van der Waals surface area contributed by atoms with Gasteiger partial charge < -0.3 is 0 Å². The average Bonchev–Trinajstić information content (AvgIpc) is 2.84. The highest BCUT2D eigenvalue weighted by Gasteiger charge is 2.21. The van der Waals surface area contributed by atoms with Crippen LogP contribution >= 0.6 is 0 Å². The first-order valence-corrected chi connectivity index (χ1v) is 11.7. The Labute approximate surface area is 197 Å². The molecule has 178 valence electrons. The van der Waals surface area contributed by atoms with Gasteiger partial charge in [0.25, 0.3) is 0 Å². The molecule has 2 radical (unpaired) electrons. The molecule has 6 heteroatoms. The summed E-state index contributed by atoms with van der Waals surface area (Å²) in [6, 6.07) is 14.3. The zero-order chi connectivity index (χ0) is 23.9. The third kappa shape index (κ3) is 9.76. The van der Waals surface area contributed by atoms with Crippen LogP contribution in [-0.2, 0) is 32.4 Å². The van der Waals surface area contributed by atoms with Crippen molar-refractivity contribution in [2.45, 2.75) is 71.6 Å². The molecule has 0 spiro atoms. The van der Waals surface area contributed by atoms with Gasteiger partial charge >= 0.3 is 18.2 Å². The molecule has 0 aliphatic rings. The van der Waals surface area contributed by atoms with Gasteiger partial charge in [0.1, 0.15) is 0 Å². The average molecular weight is 455 g/mol. The molecular weight excluding hydrogens is 420 g/mol. The van der Waals surface area contributed by atoms with Crippen molar-refractivity contribution >= 4 is 11.9 Å². The van der Waals surface area contributed by atoms with Crippen LogP contribution in [0.5, 0.6) is 0 Å². The molecule has 0 unspecified atom stereocenters. The summed E-state index contributed by atoms with van der Waals surface area (Å²) in [5.41, 5.74) is 3.00. The van der Waals surface area contributed by atoms with Crippen molar-refractivity contribution in [2.75, 3.05) is 0 Å². The first-order valence-electron chi connectivity index (χ1n) is 11.7. The lowest BCUT2D eigenvalue weighted by Crippen LogP contribution is -2.16. The molecule has 0 aliphatic heterocycles. The predicted molar refractivity (Wildman–Crippen MR) is 126 cm³/mol. The van der Waals surface area contributed by atoms with Gasteiger partial charge in [0, 0.05) is 6.42 Å². The number of carbonyl (C=O) groups excluding carboxylic acids is 2. The molecule has 0 N–H and O–H groups in total. The number of unbranched alkanes of at least 4 members (excludes halogenated alkanes) is 3. The number of hydrogen-bond donors (Lipinski definition) is 0. The van der Waals surface area contributed by atoms with E-state index in [1.54, 1.807) is 24.3 Å². The number of carbonyl (C=O) groups is 2. The van der Waals surface area contributed by atoms with Crippen LogP contribution in [0, 0.1) is 13.2 Å². The van der Waals surface area contributed by atoms with Crippen molar-refractivity contribution in [3.05, 3.63) is 84.0 Å². The van der Waals surface area contributed by atoms with E-state index in [-0.39, 0.29) is 6.29 Å². The smallest absolute Gasteiger partial charge is 0.289 e. The second-order valence-corrected chi connectivity index (χ2v) is 7.84. The maximum Gasteiger partial charge on any atom is 0.373 e. The van der Waals surface area contributed by atoms with Crippen LogP contribution in [0.25, 0.3) is 0 Å². The van der Waals surface area contributed by atoms with Crippen molar-refractivity contribution in [3.8, 4) is 0 Å². The summed E-state index contributed by atoms with van der Waals surface area (Å²) in [5.74, 6) is -1.32. The second kappa shape index (κ2) is 15.2. The molecule has 0 heterocycles. The van der Waals surface area contributed by atoms with Gasteiger partial charge in [-0.1, -0.05) is 77.1 Å². The summed E-state index contributed by atoms with van der Waals surface area (Å²) in [6.07, 6.45) is 7.52. The Morgan fingerprint density at radius 2 is 1.12 bits per heavy atom. The van der Waals surface area contributed by atoms with E-state index in [9.17, 15) is 9.59 Å². The molecule has 6 nitrogen and oxygen atoms in total. The Morgan fingerprint density at radius 1 is 0.667 bits per heavy atom. The van der Waals surface area contributed by atoms with E-state index >= 15 is 0 Å². The van der Waals surface area contributed by atoms with Crippen molar-refractivity contribution < 1.29 is 29.1 Å². The highest BCUT2D eigenvalue weighted by Crippen LogP contribution is 2.19. The van der Waals surface area contributed by atoms with Crippen molar-refractivity contribution in [1.29, 1.82) is 0 Å². The summed E-state index contributed by atoms with van der Waals surface area (Å²) in [4.78, 5) is 44.7. The third-order valence-electron chi connectivity index (χ3n) is 5.01. The monoisotopic (exact) mass is 454 g/mol. The normalized spacial score (nSPS) is 10.9. The SMILES string of the molecule is [CH2]CCCCC[C](OOC(=O)c1ccc(CCC)cc1)OOC(=O)c1ccc(CCC)cc1. The minimum Gasteiger partial charge on any atom is -0.289 e. The van der Waals surface area contributed by atoms with Gasteiger partial charge in [-0.3, -0.25) is 9.78 Å². The van der Waals surface area contributed by atoms with Gasteiger partial charge in [0.05, 0.1) is 11.1 Å². The lowest BCUT2D eigenvalue weighted by Gasteiger charge is -2.13. The van der Waals surface area contributed by atoms with E-state index in [0.717, 1.165) is 56.1 Å². The van der Waals surface area contributed by atoms with Gasteiger partial charge in [-0.2, -0.15) is 0 Å². The molecular formula is C27H34O6. The van der Waals surface area contributed by atoms with Gasteiger partial charge in [-0.25, -0.2) is 9.59 Å². The molecule has 0 fully saturated rings. The first-order chi connectivity index (χ1) is 16.1. The quantitative estimate of drug-likeness (QED) is 0.169. The van der Waals surface area contributed by atoms with Crippen LogP contribution < -0.4 is 0 Å². The van der Waals surface area contributed by atoms with E-state index in [0.29, 0.717) is 24.0 Å². The fraction of sp³-hybridized carbons (Fsp3) is 0.407. The van der Waals surface area contributed by atoms with E-state index < -0.39 is 11.9 Å². The highest BCUT2D eigenvalue weighted by molar-refractivity contribution is 5.89. The zero-order valence-electron chi connectivity index (χ0n) is 19.6. The fourth-order valence-corrected chi connectivity index (χ4v) is 3.18. The van der Waals surface area contributed by atoms with Crippen molar-refractivity contribution in [1.82, 2.24) is 0 Å². The minimum atomic E-state index is -0.658. The van der Waals surface area contributed by atoms with Crippen molar-refractivity contribution in [3.63, 3.8) is 0 Å². The van der Waals surface area contributed by atoms with Gasteiger partial charge in [-0.15, -0.1) is 9.78 Å². The Balaban J connectivity index is 1.89. The van der Waals surface area contributed by atoms with Gasteiger partial charge in [0.2, 0.25) is 0 Å². The Kier molecular flexibility index (Phi) is 12.2. The molecule has 0 saturated carbocycles. The number of aryl methyl sites for hydroxylation is 2. The molecule has 0 aromatic heterocycles. The lowest BCUT2D eigenvalue weighted by atomic mass is 10.1. The molecule has 0 amide bonds. The first kappa shape index (κ1) is 26.6. The maximum atomic E-state index is 12.3. The van der Waals surface area contributed by atoms with Crippen LogP contribution in [0.3, 0.4) is 0 Å². The van der Waals surface area contributed by atoms with Crippen LogP contribution in [0.1, 0.15) is 90.6 Å². The predicted octanol–water partition coefficient (Wildman–Crippen LogP) is 6.74. The van der Waals surface area contributed by atoms with Crippen molar-refractivity contribution in [2.24, 2.45) is 0 Å².